The summed E-state index contributed by atoms with van der Waals surface area (Å²) < 4.78 is 0. The van der Waals surface area contributed by atoms with Crippen LogP contribution in [0.25, 0.3) is 11.1 Å². The Hall–Kier alpha value is -3.38. The van der Waals surface area contributed by atoms with E-state index in [1.807, 2.05) is 20.8 Å². The molecule has 0 aliphatic heterocycles. The van der Waals surface area contributed by atoms with Gasteiger partial charge in [0.15, 0.2) is 0 Å². The maximum Gasteiger partial charge on any atom is 0.0713 e. The van der Waals surface area contributed by atoms with E-state index in [-0.39, 0.29) is 5.41 Å². The van der Waals surface area contributed by atoms with E-state index in [4.69, 9.17) is 0 Å². The van der Waals surface area contributed by atoms with Crippen molar-refractivity contribution in [3.63, 3.8) is 0 Å². The summed E-state index contributed by atoms with van der Waals surface area (Å²) in [4.78, 5) is 0. The van der Waals surface area contributed by atoms with E-state index in [0.717, 1.165) is 0 Å². The number of fused-ring (bicyclic) bond motifs is 3. The fourth-order valence-corrected chi connectivity index (χ4v) is 4.56. The van der Waals surface area contributed by atoms with E-state index in [9.17, 15) is 0 Å². The first kappa shape index (κ1) is 22.3. The van der Waals surface area contributed by atoms with E-state index in [1.165, 1.54) is 38.9 Å². The van der Waals surface area contributed by atoms with Crippen molar-refractivity contribution in [2.24, 2.45) is 0 Å². The van der Waals surface area contributed by atoms with Crippen LogP contribution in [0.2, 0.25) is 0 Å². The van der Waals surface area contributed by atoms with E-state index in [2.05, 4.69) is 117 Å². The highest BCUT2D eigenvalue weighted by molar-refractivity contribution is 5.86. The molecule has 5 rings (SSSR count). The van der Waals surface area contributed by atoms with Gasteiger partial charge >= 0.3 is 0 Å². The molecule has 0 saturated carbocycles. The lowest BCUT2D eigenvalue weighted by Crippen LogP contribution is -2.28. The molecule has 0 bridgehead atoms. The number of rotatable bonds is 2. The predicted molar refractivity (Wildman–Crippen MR) is 136 cm³/mol. The molecule has 0 saturated heterocycles. The molecule has 0 radical (unpaired) electrons. The number of allylic oxidation sites excluding steroid dienone is 1. The SMILES string of the molecule is C=CC.CC.Cc1ccc2c(c1)C(c1ccccc1)(c1ccccc1)c1ccccc1-2. The lowest BCUT2D eigenvalue weighted by Gasteiger charge is -2.34. The first-order valence-electron chi connectivity index (χ1n) is 11.1. The van der Waals surface area contributed by atoms with Crippen LogP contribution in [0.5, 0.6) is 0 Å². The summed E-state index contributed by atoms with van der Waals surface area (Å²) in [5, 5.41) is 0. The van der Waals surface area contributed by atoms with Crippen molar-refractivity contribution in [3.8, 4) is 11.1 Å². The topological polar surface area (TPSA) is 0 Å². The second-order valence-electron chi connectivity index (χ2n) is 7.48. The molecule has 0 heterocycles. The Bertz CT molecular complexity index is 1080. The zero-order valence-corrected chi connectivity index (χ0v) is 19.1. The second kappa shape index (κ2) is 10.1. The molecule has 0 amide bonds. The molecule has 0 unspecified atom stereocenters. The third-order valence-corrected chi connectivity index (χ3v) is 5.61. The second-order valence-corrected chi connectivity index (χ2v) is 7.48. The molecule has 31 heavy (non-hydrogen) atoms. The normalized spacial score (nSPS) is 12.3. The molecule has 0 aromatic heterocycles. The van der Waals surface area contributed by atoms with Gasteiger partial charge in [-0.2, -0.15) is 0 Å². The van der Waals surface area contributed by atoms with Gasteiger partial charge in [-0.25, -0.2) is 0 Å². The van der Waals surface area contributed by atoms with Crippen molar-refractivity contribution in [2.75, 3.05) is 0 Å². The van der Waals surface area contributed by atoms with E-state index in [1.54, 1.807) is 6.08 Å². The molecular weight excluding hydrogens is 372 g/mol. The molecule has 0 spiro atoms. The summed E-state index contributed by atoms with van der Waals surface area (Å²) in [7, 11) is 0. The van der Waals surface area contributed by atoms with Crippen molar-refractivity contribution in [3.05, 3.63) is 144 Å². The van der Waals surface area contributed by atoms with Gasteiger partial charge in [-0.1, -0.05) is 129 Å². The average Bonchev–Trinajstić information content (AvgIpc) is 3.12. The summed E-state index contributed by atoms with van der Waals surface area (Å²) >= 11 is 0. The molecule has 1 aliphatic carbocycles. The van der Waals surface area contributed by atoms with Gasteiger partial charge in [0, 0.05) is 0 Å². The lowest BCUT2D eigenvalue weighted by molar-refractivity contribution is 0.767. The molecule has 0 fully saturated rings. The van der Waals surface area contributed by atoms with Crippen LogP contribution >= 0.6 is 0 Å². The van der Waals surface area contributed by atoms with Crippen LogP contribution < -0.4 is 0 Å². The molecule has 156 valence electrons. The van der Waals surface area contributed by atoms with Gasteiger partial charge < -0.3 is 0 Å². The zero-order valence-electron chi connectivity index (χ0n) is 19.1. The summed E-state index contributed by atoms with van der Waals surface area (Å²) in [5.41, 5.74) is 9.13. The van der Waals surface area contributed by atoms with Gasteiger partial charge in [0.05, 0.1) is 5.41 Å². The van der Waals surface area contributed by atoms with Gasteiger partial charge in [0.1, 0.15) is 0 Å². The Morgan fingerprint density at radius 3 is 1.61 bits per heavy atom. The minimum atomic E-state index is -0.263. The predicted octanol–water partition coefficient (Wildman–Crippen LogP) is 8.58. The van der Waals surface area contributed by atoms with Crippen molar-refractivity contribution >= 4 is 0 Å². The van der Waals surface area contributed by atoms with E-state index in [0.29, 0.717) is 0 Å². The van der Waals surface area contributed by atoms with Crippen molar-refractivity contribution in [1.29, 1.82) is 0 Å². The maximum absolute atomic E-state index is 3.36. The van der Waals surface area contributed by atoms with Gasteiger partial charge in [0.2, 0.25) is 0 Å². The smallest absolute Gasteiger partial charge is 0.0713 e. The molecule has 4 aromatic rings. The number of hydrogen-bond acceptors (Lipinski definition) is 0. The number of benzene rings is 4. The average molecular weight is 405 g/mol. The van der Waals surface area contributed by atoms with Gasteiger partial charge in [-0.3, -0.25) is 0 Å². The minimum Gasteiger partial charge on any atom is -0.103 e. The van der Waals surface area contributed by atoms with Gasteiger partial charge in [-0.15, -0.1) is 6.58 Å². The first-order valence-corrected chi connectivity index (χ1v) is 11.1. The van der Waals surface area contributed by atoms with Crippen LogP contribution in [0.3, 0.4) is 0 Å². The number of hydrogen-bond donors (Lipinski definition) is 0. The highest BCUT2D eigenvalue weighted by Crippen LogP contribution is 2.55. The Labute approximate surface area is 187 Å². The van der Waals surface area contributed by atoms with Crippen molar-refractivity contribution < 1.29 is 0 Å². The lowest BCUT2D eigenvalue weighted by atomic mass is 9.67. The fraction of sp³-hybridized carbons (Fsp3) is 0.161. The first-order chi connectivity index (χ1) is 15.2. The van der Waals surface area contributed by atoms with Crippen LogP contribution in [-0.2, 0) is 5.41 Å². The van der Waals surface area contributed by atoms with Crippen LogP contribution in [0, 0.1) is 6.92 Å². The zero-order chi connectivity index (χ0) is 22.3. The molecule has 0 N–H and O–H groups in total. The van der Waals surface area contributed by atoms with Crippen LogP contribution in [0.15, 0.2) is 116 Å². The van der Waals surface area contributed by atoms with E-state index >= 15 is 0 Å². The number of aryl methyl sites for hydroxylation is 1. The molecule has 1 aliphatic rings. The quantitative estimate of drug-likeness (QED) is 0.258. The standard InChI is InChI=1S/C26H20.C3H6.C2H6/c1-19-16-17-23-22-14-8-9-15-24(22)26(25(23)18-19,20-10-4-2-5-11-20)21-12-6-3-7-13-21;1-3-2;1-2/h2-18H,1H3;3H,1H2,2H3;1-2H3. The third-order valence-electron chi connectivity index (χ3n) is 5.61. The minimum absolute atomic E-state index is 0.263. The monoisotopic (exact) mass is 404 g/mol. The van der Waals surface area contributed by atoms with Crippen LogP contribution in [-0.4, -0.2) is 0 Å². The summed E-state index contributed by atoms with van der Waals surface area (Å²) in [6.07, 6.45) is 1.75. The van der Waals surface area contributed by atoms with Gasteiger partial charge in [0.25, 0.3) is 0 Å². The van der Waals surface area contributed by atoms with E-state index < -0.39 is 0 Å². The van der Waals surface area contributed by atoms with Crippen LogP contribution in [0.4, 0.5) is 0 Å². The third kappa shape index (κ3) is 3.86. The maximum atomic E-state index is 3.36. The van der Waals surface area contributed by atoms with Crippen molar-refractivity contribution in [2.45, 2.75) is 33.1 Å². The Balaban J connectivity index is 0.000000504. The summed E-state index contributed by atoms with van der Waals surface area (Å²) in [6.45, 7) is 11.4. The molecule has 0 heteroatoms. The molecular formula is C31H32. The highest BCUT2D eigenvalue weighted by atomic mass is 14.5. The molecule has 0 nitrogen and oxygen atoms in total. The van der Waals surface area contributed by atoms with Crippen molar-refractivity contribution in [1.82, 2.24) is 0 Å². The summed E-state index contributed by atoms with van der Waals surface area (Å²) in [5.74, 6) is 0. The fourth-order valence-electron chi connectivity index (χ4n) is 4.56. The summed E-state index contributed by atoms with van der Waals surface area (Å²) in [6, 6.07) is 37.6. The van der Waals surface area contributed by atoms with Crippen LogP contribution in [0.1, 0.15) is 48.6 Å². The Morgan fingerprint density at radius 1 is 0.613 bits per heavy atom. The van der Waals surface area contributed by atoms with Gasteiger partial charge in [-0.05, 0) is 47.2 Å². The largest absolute Gasteiger partial charge is 0.103 e. The Morgan fingerprint density at radius 2 is 1.06 bits per heavy atom. The molecule has 4 aromatic carbocycles. The Kier molecular flexibility index (Phi) is 7.26. The molecule has 0 atom stereocenters. The highest BCUT2D eigenvalue weighted by Gasteiger charge is 2.45.